The largest absolute Gasteiger partial charge is 0.394 e. The van der Waals surface area contributed by atoms with Crippen LogP contribution in [-0.4, -0.2) is 63.5 Å². The van der Waals surface area contributed by atoms with Gasteiger partial charge in [-0.1, -0.05) is 42.5 Å². The van der Waals surface area contributed by atoms with Gasteiger partial charge >= 0.3 is 0 Å². The molecule has 7 nitrogen and oxygen atoms in total. The van der Waals surface area contributed by atoms with Crippen molar-refractivity contribution in [3.63, 3.8) is 0 Å². The van der Waals surface area contributed by atoms with E-state index in [-0.39, 0.29) is 29.6 Å². The lowest BCUT2D eigenvalue weighted by molar-refractivity contribution is -0.141. The molecule has 36 heavy (non-hydrogen) atoms. The van der Waals surface area contributed by atoms with Crippen LogP contribution in [0.4, 0.5) is 5.69 Å². The molecule has 3 saturated heterocycles. The molecule has 2 aromatic carbocycles. The van der Waals surface area contributed by atoms with Crippen molar-refractivity contribution in [2.24, 2.45) is 11.8 Å². The maximum Gasteiger partial charge on any atom is 0.248 e. The van der Waals surface area contributed by atoms with Gasteiger partial charge in [0.05, 0.1) is 29.2 Å². The van der Waals surface area contributed by atoms with Crippen LogP contribution in [-0.2, 0) is 20.8 Å². The molecular weight excluding hydrogens is 474 g/mol. The fourth-order valence-electron chi connectivity index (χ4n) is 6.46. The summed E-state index contributed by atoms with van der Waals surface area (Å²) in [4.78, 5) is 42.7. The Kier molecular flexibility index (Phi) is 6.59. The zero-order valence-corrected chi connectivity index (χ0v) is 21.7. The number of nitrogens with zero attached hydrogens (tertiary/aromatic N) is 1. The third-order valence-electron chi connectivity index (χ3n) is 8.10. The molecule has 3 amide bonds. The van der Waals surface area contributed by atoms with E-state index in [2.05, 4.69) is 10.6 Å². The summed E-state index contributed by atoms with van der Waals surface area (Å²) in [6, 6.07) is 14.2. The van der Waals surface area contributed by atoms with Gasteiger partial charge in [-0.05, 0) is 55.9 Å². The number of thioether (sulfide) groups is 1. The fourth-order valence-corrected chi connectivity index (χ4v) is 8.67. The molecule has 5 rings (SSSR count). The SMILES string of the molecule is CNC(=O)[C@@H]1[C@H]2C(=O)N([C@@H](CO)Cc3ccccc3)C(C(=O)Nc3cc(C)ccc3C)C23CC[C@H]1S3. The molecule has 2 bridgehead atoms. The van der Waals surface area contributed by atoms with Crippen LogP contribution in [0.3, 0.4) is 0 Å². The summed E-state index contributed by atoms with van der Waals surface area (Å²) in [5, 5.41) is 16.3. The third-order valence-corrected chi connectivity index (χ3v) is 10.1. The van der Waals surface area contributed by atoms with Crippen molar-refractivity contribution in [3.05, 3.63) is 65.2 Å². The topological polar surface area (TPSA) is 98.7 Å². The molecule has 0 aromatic heterocycles. The number of benzene rings is 2. The minimum atomic E-state index is -0.777. The van der Waals surface area contributed by atoms with Gasteiger partial charge in [-0.2, -0.15) is 0 Å². The Labute approximate surface area is 216 Å². The Morgan fingerprint density at radius 1 is 1.17 bits per heavy atom. The highest BCUT2D eigenvalue weighted by Crippen LogP contribution is 2.66. The van der Waals surface area contributed by atoms with Gasteiger partial charge in [0.1, 0.15) is 6.04 Å². The molecule has 2 aromatic rings. The highest BCUT2D eigenvalue weighted by molar-refractivity contribution is 8.02. The number of hydrogen-bond acceptors (Lipinski definition) is 5. The van der Waals surface area contributed by atoms with Gasteiger partial charge < -0.3 is 20.6 Å². The summed E-state index contributed by atoms with van der Waals surface area (Å²) in [6.07, 6.45) is 1.91. The summed E-state index contributed by atoms with van der Waals surface area (Å²) in [5.74, 6) is -1.66. The first-order valence-electron chi connectivity index (χ1n) is 12.5. The molecule has 8 heteroatoms. The van der Waals surface area contributed by atoms with Crippen LogP contribution >= 0.6 is 11.8 Å². The summed E-state index contributed by atoms with van der Waals surface area (Å²) in [7, 11) is 1.60. The highest BCUT2D eigenvalue weighted by Gasteiger charge is 2.74. The van der Waals surface area contributed by atoms with Crippen LogP contribution in [0.2, 0.25) is 0 Å². The molecular formula is C28H33N3O4S. The number of anilines is 1. The summed E-state index contributed by atoms with van der Waals surface area (Å²) in [5.41, 5.74) is 3.66. The lowest BCUT2D eigenvalue weighted by atomic mass is 9.70. The average Bonchev–Trinajstić information content (AvgIpc) is 3.52. The first-order valence-corrected chi connectivity index (χ1v) is 13.4. The zero-order valence-electron chi connectivity index (χ0n) is 20.9. The van der Waals surface area contributed by atoms with Gasteiger partial charge in [-0.25, -0.2) is 0 Å². The van der Waals surface area contributed by atoms with Crippen LogP contribution in [0.1, 0.15) is 29.5 Å². The molecule has 3 fully saturated rings. The fraction of sp³-hybridized carbons (Fsp3) is 0.464. The van der Waals surface area contributed by atoms with E-state index in [0.717, 1.165) is 28.8 Å². The van der Waals surface area contributed by atoms with Crippen molar-refractivity contribution in [1.82, 2.24) is 10.2 Å². The normalized spacial score (nSPS) is 29.2. The third kappa shape index (κ3) is 3.91. The minimum Gasteiger partial charge on any atom is -0.394 e. The number of aliphatic hydroxyl groups excluding tert-OH is 1. The number of carbonyl (C=O) groups excluding carboxylic acids is 3. The Morgan fingerprint density at radius 2 is 1.92 bits per heavy atom. The van der Waals surface area contributed by atoms with E-state index >= 15 is 0 Å². The van der Waals surface area contributed by atoms with Crippen LogP contribution in [0.5, 0.6) is 0 Å². The molecule has 3 heterocycles. The average molecular weight is 508 g/mol. The van der Waals surface area contributed by atoms with Crippen LogP contribution in [0, 0.1) is 25.7 Å². The Bertz CT molecular complexity index is 1190. The van der Waals surface area contributed by atoms with Crippen molar-refractivity contribution in [2.75, 3.05) is 19.0 Å². The smallest absolute Gasteiger partial charge is 0.248 e. The highest BCUT2D eigenvalue weighted by atomic mass is 32.2. The van der Waals surface area contributed by atoms with Gasteiger partial charge in [-0.3, -0.25) is 14.4 Å². The van der Waals surface area contributed by atoms with Crippen molar-refractivity contribution >= 4 is 35.2 Å². The second kappa shape index (κ2) is 9.56. The summed E-state index contributed by atoms with van der Waals surface area (Å²) < 4.78 is -0.690. The Morgan fingerprint density at radius 3 is 2.61 bits per heavy atom. The van der Waals surface area contributed by atoms with Crippen molar-refractivity contribution in [1.29, 1.82) is 0 Å². The van der Waals surface area contributed by atoms with Crippen molar-refractivity contribution in [3.8, 4) is 0 Å². The molecule has 3 aliphatic heterocycles. The number of carbonyl (C=O) groups is 3. The monoisotopic (exact) mass is 507 g/mol. The maximum absolute atomic E-state index is 14.1. The van der Waals surface area contributed by atoms with Gasteiger partial charge in [0.25, 0.3) is 0 Å². The second-order valence-corrected chi connectivity index (χ2v) is 11.9. The van der Waals surface area contributed by atoms with E-state index in [0.29, 0.717) is 12.8 Å². The zero-order chi connectivity index (χ0) is 25.6. The number of aliphatic hydroxyl groups is 1. The number of nitrogens with one attached hydrogen (secondary N) is 2. The molecule has 190 valence electrons. The van der Waals surface area contributed by atoms with E-state index < -0.39 is 28.7 Å². The molecule has 0 aliphatic carbocycles. The molecule has 0 saturated carbocycles. The predicted molar refractivity (Wildman–Crippen MR) is 141 cm³/mol. The predicted octanol–water partition coefficient (Wildman–Crippen LogP) is 2.68. The number of hydrogen-bond donors (Lipinski definition) is 3. The molecule has 0 radical (unpaired) electrons. The lowest BCUT2D eigenvalue weighted by Gasteiger charge is -2.37. The first kappa shape index (κ1) is 24.8. The van der Waals surface area contributed by atoms with Gasteiger partial charge in [0.2, 0.25) is 17.7 Å². The second-order valence-electron chi connectivity index (χ2n) is 10.2. The van der Waals surface area contributed by atoms with Gasteiger partial charge in [0, 0.05) is 18.0 Å². The van der Waals surface area contributed by atoms with E-state index in [1.807, 2.05) is 62.4 Å². The van der Waals surface area contributed by atoms with Crippen molar-refractivity contribution in [2.45, 2.75) is 55.2 Å². The molecule has 2 unspecified atom stereocenters. The quantitative estimate of drug-likeness (QED) is 0.535. The van der Waals surface area contributed by atoms with Crippen LogP contribution in [0.15, 0.2) is 48.5 Å². The number of likely N-dealkylation sites (tertiary alicyclic amines) is 1. The minimum absolute atomic E-state index is 0.0127. The molecule has 3 aliphatic rings. The summed E-state index contributed by atoms with van der Waals surface area (Å²) in [6.45, 7) is 3.64. The first-order chi connectivity index (χ1) is 17.3. The van der Waals surface area contributed by atoms with Gasteiger partial charge in [-0.15, -0.1) is 11.8 Å². The maximum atomic E-state index is 14.1. The van der Waals surface area contributed by atoms with Crippen molar-refractivity contribution < 1.29 is 19.5 Å². The van der Waals surface area contributed by atoms with Gasteiger partial charge in [0.15, 0.2) is 0 Å². The molecule has 6 atom stereocenters. The van der Waals surface area contributed by atoms with E-state index in [9.17, 15) is 19.5 Å². The number of aryl methyl sites for hydroxylation is 2. The molecule has 1 spiro atoms. The van der Waals surface area contributed by atoms with Crippen LogP contribution < -0.4 is 10.6 Å². The number of fused-ring (bicyclic) bond motifs is 1. The summed E-state index contributed by atoms with van der Waals surface area (Å²) >= 11 is 1.63. The Balaban J connectivity index is 1.56. The number of amides is 3. The Hall–Kier alpha value is -2.84. The van der Waals surface area contributed by atoms with E-state index in [1.54, 1.807) is 23.7 Å². The number of rotatable bonds is 7. The van der Waals surface area contributed by atoms with E-state index in [4.69, 9.17) is 0 Å². The van der Waals surface area contributed by atoms with E-state index in [1.165, 1.54) is 0 Å². The molecule has 3 N–H and O–H groups in total. The lowest BCUT2D eigenvalue weighted by Crippen LogP contribution is -2.55. The van der Waals surface area contributed by atoms with Crippen LogP contribution in [0.25, 0.3) is 0 Å². The standard InChI is InChI=1S/C28H33N3O4S/c1-16-9-10-17(2)20(13-16)30-26(34)24-28-12-11-21(36-28)22(25(33)29-3)23(28)27(35)31(24)19(15-32)14-18-7-5-4-6-8-18/h4-10,13,19,21-24,32H,11-12,14-15H2,1-3H3,(H,29,33)(H,30,34)/t19-,21-,22+,23+,24?,28?/m1/s1.